The SMILES string of the molecule is CC(C)N1CCOc2c(F)cc(-c3nc(Nc4ccc(CN5CCN(C6CCCC6)CC5)cn4)ncc3F)cc21. The Balaban J connectivity index is 1.12. The van der Waals surface area contributed by atoms with Crippen molar-refractivity contribution in [2.45, 2.75) is 58.2 Å². The van der Waals surface area contributed by atoms with Crippen LogP contribution in [0.1, 0.15) is 45.1 Å². The molecule has 1 aromatic carbocycles. The number of fused-ring (bicyclic) bond motifs is 1. The van der Waals surface area contributed by atoms with Gasteiger partial charge in [0.2, 0.25) is 5.95 Å². The third-order valence-electron chi connectivity index (χ3n) is 8.27. The van der Waals surface area contributed by atoms with E-state index in [4.69, 9.17) is 4.74 Å². The summed E-state index contributed by atoms with van der Waals surface area (Å²) >= 11 is 0. The second-order valence-corrected chi connectivity index (χ2v) is 11.3. The maximum atomic E-state index is 15.0. The molecule has 4 heterocycles. The van der Waals surface area contributed by atoms with E-state index in [9.17, 15) is 8.78 Å². The van der Waals surface area contributed by atoms with Crippen LogP contribution in [0.2, 0.25) is 0 Å². The van der Waals surface area contributed by atoms with Gasteiger partial charge < -0.3 is 15.0 Å². The van der Waals surface area contributed by atoms with Gasteiger partial charge in [0.25, 0.3) is 0 Å². The van der Waals surface area contributed by atoms with E-state index in [1.165, 1.54) is 31.7 Å². The molecule has 0 spiro atoms. The zero-order chi connectivity index (χ0) is 27.6. The molecule has 6 rings (SSSR count). The molecule has 3 aromatic rings. The highest BCUT2D eigenvalue weighted by Crippen LogP contribution is 2.39. The average molecular weight is 550 g/mol. The van der Waals surface area contributed by atoms with Crippen molar-refractivity contribution in [3.05, 3.63) is 53.9 Å². The summed E-state index contributed by atoms with van der Waals surface area (Å²) in [5, 5.41) is 3.06. The van der Waals surface area contributed by atoms with Gasteiger partial charge in [0, 0.05) is 56.6 Å². The van der Waals surface area contributed by atoms with Crippen LogP contribution in [0, 0.1) is 11.6 Å². The van der Waals surface area contributed by atoms with Crippen molar-refractivity contribution in [1.29, 1.82) is 0 Å². The molecule has 212 valence electrons. The van der Waals surface area contributed by atoms with E-state index in [2.05, 4.69) is 30.1 Å². The van der Waals surface area contributed by atoms with Crippen LogP contribution in [0.15, 0.2) is 36.7 Å². The van der Waals surface area contributed by atoms with Gasteiger partial charge in [-0.05, 0) is 50.5 Å². The molecule has 2 fully saturated rings. The van der Waals surface area contributed by atoms with Crippen molar-refractivity contribution >= 4 is 17.5 Å². The second-order valence-electron chi connectivity index (χ2n) is 11.3. The third-order valence-corrected chi connectivity index (χ3v) is 8.27. The molecule has 0 radical (unpaired) electrons. The van der Waals surface area contributed by atoms with E-state index in [-0.39, 0.29) is 23.4 Å². The Morgan fingerprint density at radius 3 is 2.50 bits per heavy atom. The molecule has 40 heavy (non-hydrogen) atoms. The number of pyridine rings is 1. The van der Waals surface area contributed by atoms with E-state index < -0.39 is 11.6 Å². The first-order valence-corrected chi connectivity index (χ1v) is 14.4. The fourth-order valence-corrected chi connectivity index (χ4v) is 6.13. The maximum Gasteiger partial charge on any atom is 0.229 e. The van der Waals surface area contributed by atoms with Gasteiger partial charge in [-0.1, -0.05) is 18.9 Å². The summed E-state index contributed by atoms with van der Waals surface area (Å²) in [6.45, 7) is 10.4. The summed E-state index contributed by atoms with van der Waals surface area (Å²) in [4.78, 5) is 20.2. The maximum absolute atomic E-state index is 15.0. The van der Waals surface area contributed by atoms with Crippen LogP contribution in [0.5, 0.6) is 5.75 Å². The minimum absolute atomic E-state index is 0.0156. The lowest BCUT2D eigenvalue weighted by Gasteiger charge is -2.38. The van der Waals surface area contributed by atoms with Crippen molar-refractivity contribution in [2.24, 2.45) is 0 Å². The molecule has 0 unspecified atom stereocenters. The minimum atomic E-state index is -0.630. The van der Waals surface area contributed by atoms with Crippen molar-refractivity contribution in [3.63, 3.8) is 0 Å². The largest absolute Gasteiger partial charge is 0.486 e. The first-order valence-electron chi connectivity index (χ1n) is 14.4. The number of halogens is 2. The highest BCUT2D eigenvalue weighted by Gasteiger charge is 2.27. The predicted molar refractivity (Wildman–Crippen MR) is 152 cm³/mol. The average Bonchev–Trinajstić information content (AvgIpc) is 3.50. The fourth-order valence-electron chi connectivity index (χ4n) is 6.13. The minimum Gasteiger partial charge on any atom is -0.486 e. The number of anilines is 3. The van der Waals surface area contributed by atoms with Crippen molar-refractivity contribution in [1.82, 2.24) is 24.8 Å². The van der Waals surface area contributed by atoms with Gasteiger partial charge in [-0.15, -0.1) is 0 Å². The number of nitrogens with zero attached hydrogens (tertiary/aromatic N) is 6. The number of rotatable bonds is 7. The Morgan fingerprint density at radius 1 is 0.975 bits per heavy atom. The van der Waals surface area contributed by atoms with Crippen molar-refractivity contribution < 1.29 is 13.5 Å². The Labute approximate surface area is 234 Å². The first kappa shape index (κ1) is 26.8. The predicted octanol–water partition coefficient (Wildman–Crippen LogP) is 5.23. The number of piperazine rings is 1. The lowest BCUT2D eigenvalue weighted by molar-refractivity contribution is 0.0936. The summed E-state index contributed by atoms with van der Waals surface area (Å²) in [5.74, 6) is -0.230. The Kier molecular flexibility index (Phi) is 7.80. The van der Waals surface area contributed by atoms with Crippen LogP contribution in [0.4, 0.5) is 26.2 Å². The summed E-state index contributed by atoms with van der Waals surface area (Å²) in [7, 11) is 0. The smallest absolute Gasteiger partial charge is 0.229 e. The zero-order valence-electron chi connectivity index (χ0n) is 23.2. The number of hydrogen-bond acceptors (Lipinski definition) is 8. The second kappa shape index (κ2) is 11.6. The molecular weight excluding hydrogens is 512 g/mol. The topological polar surface area (TPSA) is 69.7 Å². The Bertz CT molecular complexity index is 1320. The molecule has 1 saturated heterocycles. The lowest BCUT2D eigenvalue weighted by Crippen LogP contribution is -2.49. The van der Waals surface area contributed by atoms with E-state index in [1.807, 2.05) is 37.1 Å². The summed E-state index contributed by atoms with van der Waals surface area (Å²) < 4.78 is 35.4. The molecule has 1 aliphatic carbocycles. The standard InChI is InChI=1S/C30H37F2N7O/c1-20(2)39-13-14-40-29-24(31)15-22(16-26(29)39)28-25(32)18-34-30(36-28)35-27-8-7-21(17-33-27)19-37-9-11-38(12-10-37)23-5-3-4-6-23/h7-8,15-18,20,23H,3-6,9-14,19H2,1-2H3,(H,33,34,35,36). The number of aromatic nitrogens is 3. The number of benzene rings is 1. The van der Waals surface area contributed by atoms with Gasteiger partial charge in [-0.2, -0.15) is 0 Å². The molecule has 0 atom stereocenters. The van der Waals surface area contributed by atoms with Gasteiger partial charge in [-0.3, -0.25) is 9.80 Å². The molecule has 0 amide bonds. The molecule has 1 saturated carbocycles. The lowest BCUT2D eigenvalue weighted by atomic mass is 10.1. The van der Waals surface area contributed by atoms with Gasteiger partial charge in [0.15, 0.2) is 17.4 Å². The molecule has 2 aliphatic heterocycles. The molecular formula is C30H37F2N7O. The number of hydrogen-bond donors (Lipinski definition) is 1. The van der Waals surface area contributed by atoms with Crippen LogP contribution in [0.25, 0.3) is 11.3 Å². The third kappa shape index (κ3) is 5.74. The zero-order valence-corrected chi connectivity index (χ0v) is 23.2. The Morgan fingerprint density at radius 2 is 1.77 bits per heavy atom. The van der Waals surface area contributed by atoms with Crippen LogP contribution < -0.4 is 15.0 Å². The van der Waals surface area contributed by atoms with Crippen LogP contribution in [-0.4, -0.2) is 76.2 Å². The highest BCUT2D eigenvalue weighted by atomic mass is 19.1. The molecule has 0 bridgehead atoms. The van der Waals surface area contributed by atoms with Crippen LogP contribution in [-0.2, 0) is 6.54 Å². The Hall–Kier alpha value is -3.37. The summed E-state index contributed by atoms with van der Waals surface area (Å²) in [6.07, 6.45) is 8.41. The van der Waals surface area contributed by atoms with E-state index in [1.54, 1.807) is 6.07 Å². The molecule has 3 aliphatic rings. The van der Waals surface area contributed by atoms with Crippen molar-refractivity contribution in [2.75, 3.05) is 49.5 Å². The van der Waals surface area contributed by atoms with Gasteiger partial charge in [0.05, 0.1) is 18.4 Å². The highest BCUT2D eigenvalue weighted by molar-refractivity contribution is 5.73. The normalized spacial score (nSPS) is 18.7. The van der Waals surface area contributed by atoms with E-state index in [0.717, 1.165) is 50.5 Å². The first-order chi connectivity index (χ1) is 19.4. The summed E-state index contributed by atoms with van der Waals surface area (Å²) in [6, 6.07) is 7.85. The van der Waals surface area contributed by atoms with Crippen molar-refractivity contribution in [3.8, 4) is 17.0 Å². The quantitative estimate of drug-likeness (QED) is 0.430. The summed E-state index contributed by atoms with van der Waals surface area (Å²) in [5.41, 5.74) is 2.08. The van der Waals surface area contributed by atoms with E-state index in [0.29, 0.717) is 30.2 Å². The fraction of sp³-hybridized carbons (Fsp3) is 0.500. The van der Waals surface area contributed by atoms with Gasteiger partial charge >= 0.3 is 0 Å². The van der Waals surface area contributed by atoms with E-state index >= 15 is 0 Å². The number of nitrogens with one attached hydrogen (secondary N) is 1. The van der Waals surface area contributed by atoms with Crippen LogP contribution >= 0.6 is 0 Å². The van der Waals surface area contributed by atoms with Gasteiger partial charge in [-0.25, -0.2) is 23.7 Å². The van der Waals surface area contributed by atoms with Crippen LogP contribution in [0.3, 0.4) is 0 Å². The van der Waals surface area contributed by atoms with Gasteiger partial charge in [0.1, 0.15) is 18.1 Å². The molecule has 8 nitrogen and oxygen atoms in total. The number of ether oxygens (including phenoxy) is 1. The molecule has 1 N–H and O–H groups in total. The molecule has 2 aromatic heterocycles. The monoisotopic (exact) mass is 549 g/mol. The molecule has 10 heteroatoms.